The highest BCUT2D eigenvalue weighted by Crippen LogP contribution is 2.38. The number of phenolic OH excluding ortho intramolecular Hbond substituents is 1. The van der Waals surface area contributed by atoms with Gasteiger partial charge in [-0.15, -0.1) is 0 Å². The van der Waals surface area contributed by atoms with E-state index in [4.69, 9.17) is 24.3 Å². The summed E-state index contributed by atoms with van der Waals surface area (Å²) < 4.78 is 19.1. The van der Waals surface area contributed by atoms with Crippen LogP contribution in [0.4, 0.5) is 4.79 Å². The zero-order chi connectivity index (χ0) is 27.6. The number of piperidine rings is 1. The van der Waals surface area contributed by atoms with Gasteiger partial charge in [-0.1, -0.05) is 12.1 Å². The molecule has 1 amide bonds. The van der Waals surface area contributed by atoms with E-state index >= 15 is 0 Å². The molecule has 9 heteroatoms. The number of rotatable bonds is 6. The molecule has 1 aliphatic heterocycles. The number of fused-ring (bicyclic) bond motifs is 1. The Labute approximate surface area is 227 Å². The van der Waals surface area contributed by atoms with E-state index in [1.165, 1.54) is 0 Å². The van der Waals surface area contributed by atoms with Crippen LogP contribution in [0.3, 0.4) is 0 Å². The van der Waals surface area contributed by atoms with Gasteiger partial charge < -0.3 is 24.2 Å². The van der Waals surface area contributed by atoms with Crippen LogP contribution in [-0.4, -0.2) is 56.7 Å². The first-order valence-electron chi connectivity index (χ1n) is 13.1. The van der Waals surface area contributed by atoms with Gasteiger partial charge >= 0.3 is 6.09 Å². The number of pyridine rings is 1. The van der Waals surface area contributed by atoms with Gasteiger partial charge in [0.2, 0.25) is 0 Å². The Kier molecular flexibility index (Phi) is 7.32. The lowest BCUT2D eigenvalue weighted by atomic mass is 9.93. The number of likely N-dealkylation sites (tertiary alicyclic amines) is 1. The van der Waals surface area contributed by atoms with Gasteiger partial charge in [-0.25, -0.2) is 14.5 Å². The van der Waals surface area contributed by atoms with E-state index in [0.717, 1.165) is 35.2 Å². The second-order valence-electron chi connectivity index (χ2n) is 10.8. The number of benzene rings is 2. The molecule has 4 aromatic rings. The van der Waals surface area contributed by atoms with Crippen molar-refractivity contribution in [2.24, 2.45) is 0 Å². The van der Waals surface area contributed by atoms with Crippen molar-refractivity contribution < 1.29 is 24.1 Å². The molecule has 1 fully saturated rings. The van der Waals surface area contributed by atoms with Crippen LogP contribution >= 0.6 is 0 Å². The molecule has 2 aromatic heterocycles. The number of hydrogen-bond acceptors (Lipinski definition) is 7. The topological polar surface area (TPSA) is 98.9 Å². The van der Waals surface area contributed by atoms with Crippen LogP contribution in [0.2, 0.25) is 0 Å². The molecule has 0 saturated carbocycles. The van der Waals surface area contributed by atoms with Crippen molar-refractivity contribution in [3.63, 3.8) is 0 Å². The van der Waals surface area contributed by atoms with Gasteiger partial charge in [0.15, 0.2) is 5.65 Å². The minimum Gasteiger partial charge on any atom is -0.508 e. The lowest BCUT2D eigenvalue weighted by Gasteiger charge is -2.33. The van der Waals surface area contributed by atoms with Crippen LogP contribution in [0.5, 0.6) is 23.0 Å². The molecule has 0 radical (unpaired) electrons. The summed E-state index contributed by atoms with van der Waals surface area (Å²) in [6.07, 6.45) is 3.11. The van der Waals surface area contributed by atoms with Gasteiger partial charge in [-0.3, -0.25) is 0 Å². The van der Waals surface area contributed by atoms with Crippen molar-refractivity contribution in [1.82, 2.24) is 19.7 Å². The van der Waals surface area contributed by atoms with E-state index < -0.39 is 5.60 Å². The van der Waals surface area contributed by atoms with Crippen molar-refractivity contribution in [3.8, 4) is 23.0 Å². The Morgan fingerprint density at radius 1 is 1.05 bits per heavy atom. The number of carbonyl (C=O) groups excluding carboxylic acids is 1. The van der Waals surface area contributed by atoms with Crippen LogP contribution in [-0.2, 0) is 11.3 Å². The quantitative estimate of drug-likeness (QED) is 0.322. The lowest BCUT2D eigenvalue weighted by Crippen LogP contribution is -2.42. The van der Waals surface area contributed by atoms with Crippen LogP contribution in [0.1, 0.15) is 50.8 Å². The molecule has 1 atom stereocenters. The highest BCUT2D eigenvalue weighted by molar-refractivity contribution is 5.86. The summed E-state index contributed by atoms with van der Waals surface area (Å²) in [4.78, 5) is 19.4. The van der Waals surface area contributed by atoms with Gasteiger partial charge in [0.05, 0.1) is 24.7 Å². The SMILES string of the molecule is COc1ccc(Cn2nc(C3CCCN(C(=O)OC(C)(C)C)C3)c3c(Oc4ccc(O)cc4)ccnc32)cc1. The van der Waals surface area contributed by atoms with Crippen molar-refractivity contribution in [2.75, 3.05) is 20.2 Å². The molecule has 39 heavy (non-hydrogen) atoms. The van der Waals surface area contributed by atoms with Gasteiger partial charge in [0.1, 0.15) is 28.6 Å². The van der Waals surface area contributed by atoms with E-state index in [2.05, 4.69) is 0 Å². The first-order valence-corrected chi connectivity index (χ1v) is 13.1. The summed E-state index contributed by atoms with van der Waals surface area (Å²) in [7, 11) is 1.65. The molecule has 9 nitrogen and oxygen atoms in total. The number of nitrogens with zero attached hydrogens (tertiary/aromatic N) is 4. The fourth-order valence-corrected chi connectivity index (χ4v) is 4.82. The normalized spacial score (nSPS) is 15.8. The molecule has 0 spiro atoms. The third-order valence-corrected chi connectivity index (χ3v) is 6.64. The van der Waals surface area contributed by atoms with Crippen molar-refractivity contribution in [2.45, 2.75) is 51.7 Å². The minimum atomic E-state index is -0.564. The molecule has 204 valence electrons. The Morgan fingerprint density at radius 2 is 1.77 bits per heavy atom. The van der Waals surface area contributed by atoms with Gasteiger partial charge in [-0.2, -0.15) is 5.10 Å². The predicted molar refractivity (Wildman–Crippen MR) is 148 cm³/mol. The molecule has 0 aliphatic carbocycles. The number of ether oxygens (including phenoxy) is 3. The molecule has 1 aliphatic rings. The number of aromatic hydroxyl groups is 1. The molecular weight excluding hydrogens is 496 g/mol. The third kappa shape index (κ3) is 6.08. The van der Waals surface area contributed by atoms with E-state index in [-0.39, 0.29) is 17.8 Å². The second kappa shape index (κ2) is 10.8. The van der Waals surface area contributed by atoms with Crippen LogP contribution in [0, 0.1) is 0 Å². The van der Waals surface area contributed by atoms with Crippen LogP contribution in [0.15, 0.2) is 60.8 Å². The molecule has 5 rings (SSSR count). The van der Waals surface area contributed by atoms with Crippen molar-refractivity contribution in [3.05, 3.63) is 72.1 Å². The van der Waals surface area contributed by atoms with E-state index in [0.29, 0.717) is 36.8 Å². The van der Waals surface area contributed by atoms with Crippen LogP contribution in [0.25, 0.3) is 11.0 Å². The number of amides is 1. The van der Waals surface area contributed by atoms with Gasteiger partial charge in [0.25, 0.3) is 0 Å². The molecule has 0 bridgehead atoms. The van der Waals surface area contributed by atoms with E-state index in [1.54, 1.807) is 42.5 Å². The molecule has 1 N–H and O–H groups in total. The largest absolute Gasteiger partial charge is 0.508 e. The summed E-state index contributed by atoms with van der Waals surface area (Å²) in [6.45, 7) is 7.28. The van der Waals surface area contributed by atoms with Crippen molar-refractivity contribution in [1.29, 1.82) is 0 Å². The number of hydrogen-bond donors (Lipinski definition) is 1. The average molecular weight is 531 g/mol. The lowest BCUT2D eigenvalue weighted by molar-refractivity contribution is 0.0197. The summed E-state index contributed by atoms with van der Waals surface area (Å²) in [5, 5.41) is 15.6. The maximum absolute atomic E-state index is 12.9. The van der Waals surface area contributed by atoms with E-state index in [1.807, 2.05) is 55.8 Å². The third-order valence-electron chi connectivity index (χ3n) is 6.64. The Morgan fingerprint density at radius 3 is 2.46 bits per heavy atom. The zero-order valence-corrected chi connectivity index (χ0v) is 22.8. The maximum atomic E-state index is 12.9. The van der Waals surface area contributed by atoms with E-state index in [9.17, 15) is 9.90 Å². The highest BCUT2D eigenvalue weighted by Gasteiger charge is 2.32. The number of carbonyl (C=O) groups is 1. The zero-order valence-electron chi connectivity index (χ0n) is 22.8. The molecular formula is C30H34N4O5. The fourth-order valence-electron chi connectivity index (χ4n) is 4.82. The number of aromatic nitrogens is 3. The Bertz CT molecular complexity index is 1440. The van der Waals surface area contributed by atoms with Gasteiger partial charge in [0, 0.05) is 25.2 Å². The smallest absolute Gasteiger partial charge is 0.410 e. The molecule has 1 saturated heterocycles. The standard InChI is InChI=1S/C30H34N4O5/c1-30(2,3)39-29(36)33-17-5-6-21(19-33)27-26-25(38-24-13-9-22(35)10-14-24)15-16-31-28(26)34(32-27)18-20-7-11-23(37-4)12-8-20/h7-16,21,35H,5-6,17-19H2,1-4H3. The summed E-state index contributed by atoms with van der Waals surface area (Å²) in [6, 6.07) is 16.3. The second-order valence-corrected chi connectivity index (χ2v) is 10.8. The molecule has 1 unspecified atom stereocenters. The highest BCUT2D eigenvalue weighted by atomic mass is 16.6. The molecule has 2 aromatic carbocycles. The molecule has 3 heterocycles. The van der Waals surface area contributed by atoms with Crippen LogP contribution < -0.4 is 9.47 Å². The average Bonchev–Trinajstić information content (AvgIpc) is 3.29. The Hall–Kier alpha value is -4.27. The summed E-state index contributed by atoms with van der Waals surface area (Å²) >= 11 is 0. The van der Waals surface area contributed by atoms with Crippen molar-refractivity contribution >= 4 is 17.1 Å². The first-order chi connectivity index (χ1) is 18.7. The summed E-state index contributed by atoms with van der Waals surface area (Å²) in [5.74, 6) is 2.15. The number of methoxy groups -OCH3 is 1. The minimum absolute atomic E-state index is 0.0164. The maximum Gasteiger partial charge on any atom is 0.410 e. The monoisotopic (exact) mass is 530 g/mol. The summed E-state index contributed by atoms with van der Waals surface area (Å²) in [5.41, 5.74) is 2.03. The first kappa shape index (κ1) is 26.3. The van der Waals surface area contributed by atoms with Gasteiger partial charge in [-0.05, 0) is 81.6 Å². The Balaban J connectivity index is 1.53. The number of phenols is 1. The predicted octanol–water partition coefficient (Wildman–Crippen LogP) is 6.10. The fraction of sp³-hybridized carbons (Fsp3) is 0.367.